The third-order valence-corrected chi connectivity index (χ3v) is 5.39. The molecule has 0 saturated carbocycles. The monoisotopic (exact) mass is 356 g/mol. The van der Waals surface area contributed by atoms with Crippen LogP contribution < -0.4 is 4.90 Å². The van der Waals surface area contributed by atoms with Gasteiger partial charge in [-0.15, -0.1) is 0 Å². The van der Waals surface area contributed by atoms with Crippen molar-refractivity contribution in [3.8, 4) is 0 Å². The van der Waals surface area contributed by atoms with Gasteiger partial charge in [0.25, 0.3) is 0 Å². The van der Waals surface area contributed by atoms with Gasteiger partial charge in [-0.25, -0.2) is 0 Å². The minimum Gasteiger partial charge on any atom is -0.346 e. The summed E-state index contributed by atoms with van der Waals surface area (Å²) in [7, 11) is 2.01. The number of aliphatic imine (C=N–C) groups is 1. The number of allylic oxidation sites excluding steroid dienone is 2. The molecule has 27 heavy (non-hydrogen) atoms. The molecule has 1 aliphatic carbocycles. The van der Waals surface area contributed by atoms with Crippen molar-refractivity contribution in [1.29, 1.82) is 0 Å². The van der Waals surface area contributed by atoms with Crippen molar-refractivity contribution in [1.82, 2.24) is 0 Å². The van der Waals surface area contributed by atoms with E-state index in [2.05, 4.69) is 35.9 Å². The molecule has 0 saturated heterocycles. The highest BCUT2D eigenvalue weighted by Gasteiger charge is 2.38. The summed E-state index contributed by atoms with van der Waals surface area (Å²) in [5.41, 5.74) is 5.16. The van der Waals surface area contributed by atoms with Gasteiger partial charge in [0.15, 0.2) is 6.29 Å². The highest BCUT2D eigenvalue weighted by molar-refractivity contribution is 6.57. The summed E-state index contributed by atoms with van der Waals surface area (Å²) in [5, 5.41) is 0. The molecule has 0 N–H and O–H groups in total. The fraction of sp³-hybridized carbons (Fsp3) is 0.174. The minimum atomic E-state index is -0.337. The van der Waals surface area contributed by atoms with Gasteiger partial charge in [0.1, 0.15) is 5.71 Å². The number of aldehydes is 1. The first-order chi connectivity index (χ1) is 12.9. The zero-order valence-electron chi connectivity index (χ0n) is 15.6. The van der Waals surface area contributed by atoms with E-state index in [0.717, 1.165) is 22.5 Å². The molecular formula is C23H20N2O2. The Labute approximate surface area is 158 Å². The normalized spacial score (nSPS) is 20.5. The Kier molecular flexibility index (Phi) is 3.92. The van der Waals surface area contributed by atoms with Crippen LogP contribution in [0.2, 0.25) is 0 Å². The molecule has 1 aliphatic heterocycles. The quantitative estimate of drug-likeness (QED) is 0.605. The first-order valence-electron chi connectivity index (χ1n) is 8.88. The number of hydrogen-bond donors (Lipinski definition) is 0. The molecule has 0 atom stereocenters. The summed E-state index contributed by atoms with van der Waals surface area (Å²) >= 11 is 0. The van der Waals surface area contributed by atoms with Gasteiger partial charge < -0.3 is 4.90 Å². The van der Waals surface area contributed by atoms with Crippen LogP contribution in [0.5, 0.6) is 0 Å². The molecule has 0 fully saturated rings. The molecule has 0 amide bonds. The van der Waals surface area contributed by atoms with Gasteiger partial charge in [-0.05, 0) is 23.3 Å². The summed E-state index contributed by atoms with van der Waals surface area (Å²) in [5.74, 6) is -0.337. The zero-order valence-corrected chi connectivity index (χ0v) is 15.6. The molecular weight excluding hydrogens is 336 g/mol. The van der Waals surface area contributed by atoms with Crippen LogP contribution in [0, 0.1) is 0 Å². The number of ketones is 1. The number of benzene rings is 2. The van der Waals surface area contributed by atoms with E-state index in [4.69, 9.17) is 0 Å². The molecule has 4 nitrogen and oxygen atoms in total. The topological polar surface area (TPSA) is 49.7 Å². The summed E-state index contributed by atoms with van der Waals surface area (Å²) in [6.07, 6.45) is 3.98. The maximum Gasteiger partial charge on any atom is 0.215 e. The highest BCUT2D eigenvalue weighted by Crippen LogP contribution is 2.46. The van der Waals surface area contributed by atoms with Gasteiger partial charge in [-0.3, -0.25) is 14.6 Å². The van der Waals surface area contributed by atoms with Crippen LogP contribution in [-0.4, -0.2) is 24.8 Å². The second kappa shape index (κ2) is 6.16. The van der Waals surface area contributed by atoms with Crippen LogP contribution in [0.4, 0.5) is 5.69 Å². The average molecular weight is 356 g/mol. The lowest BCUT2D eigenvalue weighted by Crippen LogP contribution is -2.25. The number of nitrogens with zero attached hydrogens (tertiary/aromatic N) is 2. The molecule has 0 unspecified atom stereocenters. The second-order valence-electron chi connectivity index (χ2n) is 7.33. The fourth-order valence-corrected chi connectivity index (χ4v) is 3.90. The van der Waals surface area contributed by atoms with E-state index in [-0.39, 0.29) is 16.8 Å². The predicted molar refractivity (Wildman–Crippen MR) is 108 cm³/mol. The molecule has 4 heteroatoms. The lowest BCUT2D eigenvalue weighted by atomic mass is 9.84. The van der Waals surface area contributed by atoms with Crippen molar-refractivity contribution < 1.29 is 9.59 Å². The molecule has 0 aromatic heterocycles. The highest BCUT2D eigenvalue weighted by atomic mass is 16.1. The van der Waals surface area contributed by atoms with Crippen molar-refractivity contribution in [3.63, 3.8) is 0 Å². The number of anilines is 1. The summed E-state index contributed by atoms with van der Waals surface area (Å²) in [6.45, 7) is 4.30. The van der Waals surface area contributed by atoms with E-state index in [0.29, 0.717) is 12.0 Å². The van der Waals surface area contributed by atoms with Crippen LogP contribution in [0.3, 0.4) is 0 Å². The molecule has 1 heterocycles. The largest absolute Gasteiger partial charge is 0.346 e. The predicted octanol–water partition coefficient (Wildman–Crippen LogP) is 3.91. The Bertz CT molecular complexity index is 1060. The van der Waals surface area contributed by atoms with Gasteiger partial charge in [0.05, 0.1) is 5.57 Å². The molecule has 2 aliphatic rings. The van der Waals surface area contributed by atoms with Crippen LogP contribution >= 0.6 is 0 Å². The number of hydrogen-bond acceptors (Lipinski definition) is 4. The maximum atomic E-state index is 12.7. The molecule has 0 bridgehead atoms. The van der Waals surface area contributed by atoms with Crippen LogP contribution in [0.25, 0.3) is 6.08 Å². The van der Waals surface area contributed by atoms with Crippen molar-refractivity contribution >= 4 is 29.5 Å². The van der Waals surface area contributed by atoms with E-state index in [1.807, 2.05) is 43.4 Å². The summed E-state index contributed by atoms with van der Waals surface area (Å²) in [4.78, 5) is 30.7. The van der Waals surface area contributed by atoms with Crippen molar-refractivity contribution in [2.75, 3.05) is 11.9 Å². The number of rotatable bonds is 2. The first kappa shape index (κ1) is 17.2. The van der Waals surface area contributed by atoms with E-state index in [9.17, 15) is 9.59 Å². The van der Waals surface area contributed by atoms with Gasteiger partial charge in [0.2, 0.25) is 5.78 Å². The Morgan fingerprint density at radius 1 is 1.04 bits per heavy atom. The first-order valence-corrected chi connectivity index (χ1v) is 8.88. The van der Waals surface area contributed by atoms with Crippen molar-refractivity contribution in [3.05, 3.63) is 82.7 Å². The Morgan fingerprint density at radius 2 is 1.74 bits per heavy atom. The van der Waals surface area contributed by atoms with E-state index in [1.54, 1.807) is 12.3 Å². The van der Waals surface area contributed by atoms with Crippen molar-refractivity contribution in [2.24, 2.45) is 4.99 Å². The average Bonchev–Trinajstić information content (AvgIpc) is 2.87. The number of carbonyl (C=O) groups excluding carboxylic acids is 2. The van der Waals surface area contributed by atoms with Crippen LogP contribution in [-0.2, 0) is 15.0 Å². The lowest BCUT2D eigenvalue weighted by Gasteiger charge is -2.23. The van der Waals surface area contributed by atoms with Gasteiger partial charge in [-0.2, -0.15) is 0 Å². The lowest BCUT2D eigenvalue weighted by molar-refractivity contribution is -0.112. The van der Waals surface area contributed by atoms with E-state index in [1.165, 1.54) is 5.56 Å². The van der Waals surface area contributed by atoms with Crippen LogP contribution in [0.15, 0.2) is 71.0 Å². The second-order valence-corrected chi connectivity index (χ2v) is 7.33. The zero-order chi connectivity index (χ0) is 19.2. The fourth-order valence-electron chi connectivity index (χ4n) is 3.90. The third-order valence-electron chi connectivity index (χ3n) is 5.39. The summed E-state index contributed by atoms with van der Waals surface area (Å²) in [6, 6.07) is 15.8. The van der Waals surface area contributed by atoms with Crippen LogP contribution in [0.1, 0.15) is 30.5 Å². The Balaban J connectivity index is 1.84. The minimum absolute atomic E-state index is 0.133. The van der Waals surface area contributed by atoms with Crippen molar-refractivity contribution in [2.45, 2.75) is 19.3 Å². The number of fused-ring (bicyclic) bond motifs is 2. The standard InChI is InChI=1S/C23H20N2O2/c1-23(2)18-10-6-7-11-19(18)25(3)20(23)13-24-21-17-9-5-4-8-15(17)12-16(14-26)22(21)27/h4-14H,1-3H3/b20-13+,24-21?. The molecule has 0 radical (unpaired) electrons. The number of Topliss-reactive ketones (excluding diaryl/α,β-unsaturated/α-hetero) is 1. The Hall–Kier alpha value is -3.27. The number of carbonyl (C=O) groups is 2. The van der Waals surface area contributed by atoms with E-state index >= 15 is 0 Å². The number of para-hydroxylation sites is 1. The van der Waals surface area contributed by atoms with Gasteiger partial charge >= 0.3 is 0 Å². The number of likely N-dealkylation sites (N-methyl/N-ethyl adjacent to an activating group) is 1. The molecule has 4 rings (SSSR count). The Morgan fingerprint density at radius 3 is 2.48 bits per heavy atom. The molecule has 2 aromatic carbocycles. The summed E-state index contributed by atoms with van der Waals surface area (Å²) < 4.78 is 0. The van der Waals surface area contributed by atoms with E-state index < -0.39 is 0 Å². The van der Waals surface area contributed by atoms with Gasteiger partial charge in [-0.1, -0.05) is 56.3 Å². The molecule has 0 spiro atoms. The molecule has 2 aromatic rings. The third kappa shape index (κ3) is 2.56. The molecule has 134 valence electrons. The SMILES string of the molecule is CN1/C(=C/N=C2C(=O)C(C=O)=Cc3ccccc32)C(C)(C)c2ccccc21. The van der Waals surface area contributed by atoms with Gasteiger partial charge in [0, 0.05) is 35.6 Å². The smallest absolute Gasteiger partial charge is 0.215 e. The maximum absolute atomic E-state index is 12.7.